The van der Waals surface area contributed by atoms with Crippen LogP contribution in [-0.2, 0) is 15.6 Å². The predicted octanol–water partition coefficient (Wildman–Crippen LogP) is 5.21. The second-order valence-electron chi connectivity index (χ2n) is 8.44. The summed E-state index contributed by atoms with van der Waals surface area (Å²) < 4.78 is 69.6. The van der Waals surface area contributed by atoms with Crippen molar-refractivity contribution in [3.63, 3.8) is 0 Å². The number of nitrogens with zero attached hydrogens (tertiary/aromatic N) is 2. The maximum absolute atomic E-state index is 13.9. The molecule has 0 aliphatic rings. The van der Waals surface area contributed by atoms with Crippen LogP contribution in [0.3, 0.4) is 0 Å². The highest BCUT2D eigenvalue weighted by Crippen LogP contribution is 2.39. The van der Waals surface area contributed by atoms with E-state index in [1.54, 1.807) is 32.0 Å². The van der Waals surface area contributed by atoms with Crippen LogP contribution in [0.2, 0.25) is 0 Å². The Kier molecular flexibility index (Phi) is 7.78. The third-order valence-electron chi connectivity index (χ3n) is 5.23. The van der Waals surface area contributed by atoms with Gasteiger partial charge < -0.3 is 5.11 Å². The molecule has 0 aromatic heterocycles. The normalized spacial score (nSPS) is 13.3. The lowest BCUT2D eigenvalue weighted by atomic mass is 9.93. The molecule has 0 amide bonds. The number of halogens is 3. The van der Waals surface area contributed by atoms with Gasteiger partial charge in [0.25, 0.3) is 10.0 Å². The molecule has 0 fully saturated rings. The zero-order valence-electron chi connectivity index (χ0n) is 19.5. The third-order valence-corrected chi connectivity index (χ3v) is 7.02. The zero-order chi connectivity index (χ0) is 26.6. The fourth-order valence-electron chi connectivity index (χ4n) is 3.39. The average molecular weight is 513 g/mol. The Morgan fingerprint density at radius 1 is 0.944 bits per heavy atom. The van der Waals surface area contributed by atoms with E-state index in [1.165, 1.54) is 48.5 Å². The number of hydrogen-bond acceptors (Lipinski definition) is 4. The topological polar surface area (TPSA) is 81.4 Å². The minimum absolute atomic E-state index is 0.0375. The first-order valence-electron chi connectivity index (χ1n) is 10.9. The van der Waals surface area contributed by atoms with Crippen LogP contribution in [0.1, 0.15) is 30.5 Å². The van der Waals surface area contributed by atoms with Crippen molar-refractivity contribution in [2.24, 2.45) is 5.92 Å². The van der Waals surface area contributed by atoms with Crippen molar-refractivity contribution in [3.8, 4) is 17.9 Å². The number of benzene rings is 3. The van der Waals surface area contributed by atoms with Gasteiger partial charge in [0.05, 0.1) is 22.2 Å². The molecule has 5 nitrogen and oxygen atoms in total. The number of aliphatic hydroxyl groups is 1. The van der Waals surface area contributed by atoms with Gasteiger partial charge in [-0.2, -0.15) is 18.4 Å². The fraction of sp³-hybridized carbons (Fsp3) is 0.222. The smallest absolute Gasteiger partial charge is 0.366 e. The molecule has 3 rings (SSSR count). The summed E-state index contributed by atoms with van der Waals surface area (Å²) in [6.45, 7) is 3.63. The Morgan fingerprint density at radius 2 is 1.56 bits per heavy atom. The van der Waals surface area contributed by atoms with Gasteiger partial charge in [0.1, 0.15) is 0 Å². The first kappa shape index (κ1) is 26.8. The molecule has 0 saturated heterocycles. The third kappa shape index (κ3) is 5.71. The molecule has 1 unspecified atom stereocenters. The minimum atomic E-state index is -5.11. The van der Waals surface area contributed by atoms with E-state index in [2.05, 4.69) is 5.92 Å². The van der Waals surface area contributed by atoms with E-state index < -0.39 is 27.4 Å². The Bertz CT molecular complexity index is 1420. The SMILES string of the molecule is CC(C)CN(c1ccc(C(O)(C#Cc2ccccc2)C(F)(F)F)cc1)S(=O)(=O)c1cccc(C#N)c1. The lowest BCUT2D eigenvalue weighted by molar-refractivity contribution is -0.240. The molecule has 186 valence electrons. The van der Waals surface area contributed by atoms with Crippen LogP contribution in [-0.4, -0.2) is 26.2 Å². The van der Waals surface area contributed by atoms with Crippen molar-refractivity contribution in [3.05, 3.63) is 95.6 Å². The highest BCUT2D eigenvalue weighted by atomic mass is 32.2. The van der Waals surface area contributed by atoms with Crippen molar-refractivity contribution in [2.45, 2.75) is 30.5 Å². The van der Waals surface area contributed by atoms with Crippen LogP contribution in [0.5, 0.6) is 0 Å². The molecule has 36 heavy (non-hydrogen) atoms. The molecule has 0 radical (unpaired) electrons. The van der Waals surface area contributed by atoms with E-state index in [9.17, 15) is 26.7 Å². The van der Waals surface area contributed by atoms with Gasteiger partial charge in [-0.1, -0.05) is 56.2 Å². The Labute approximate surface area is 208 Å². The van der Waals surface area contributed by atoms with Crippen LogP contribution in [0.15, 0.2) is 83.8 Å². The quantitative estimate of drug-likeness (QED) is 0.460. The Balaban J connectivity index is 2.06. The second kappa shape index (κ2) is 10.4. The lowest BCUT2D eigenvalue weighted by Crippen LogP contribution is -2.41. The van der Waals surface area contributed by atoms with Gasteiger partial charge >= 0.3 is 6.18 Å². The first-order chi connectivity index (χ1) is 16.9. The van der Waals surface area contributed by atoms with Gasteiger partial charge in [-0.05, 0) is 54.3 Å². The maximum atomic E-state index is 13.9. The summed E-state index contributed by atoms with van der Waals surface area (Å²) in [5.74, 6) is 4.17. The number of hydrogen-bond donors (Lipinski definition) is 1. The molecule has 3 aromatic carbocycles. The highest BCUT2D eigenvalue weighted by Gasteiger charge is 2.54. The van der Waals surface area contributed by atoms with Crippen LogP contribution in [0.4, 0.5) is 18.9 Å². The Hall–Kier alpha value is -3.79. The van der Waals surface area contributed by atoms with Gasteiger partial charge in [-0.3, -0.25) is 4.31 Å². The molecular formula is C27H23F3N2O3S. The first-order valence-corrected chi connectivity index (χ1v) is 12.3. The van der Waals surface area contributed by atoms with Gasteiger partial charge in [-0.15, -0.1) is 0 Å². The van der Waals surface area contributed by atoms with Crippen LogP contribution >= 0.6 is 0 Å². The van der Waals surface area contributed by atoms with E-state index in [0.717, 1.165) is 16.4 Å². The summed E-state index contributed by atoms with van der Waals surface area (Å²) in [7, 11) is -4.14. The molecule has 0 saturated carbocycles. The van der Waals surface area contributed by atoms with Gasteiger partial charge in [0, 0.05) is 17.7 Å². The average Bonchev–Trinajstić information content (AvgIpc) is 2.85. The van der Waals surface area contributed by atoms with E-state index in [4.69, 9.17) is 5.26 Å². The zero-order valence-corrected chi connectivity index (χ0v) is 20.3. The van der Waals surface area contributed by atoms with E-state index >= 15 is 0 Å². The molecule has 0 aliphatic carbocycles. The summed E-state index contributed by atoms with van der Waals surface area (Å²) >= 11 is 0. The van der Waals surface area contributed by atoms with E-state index in [0.29, 0.717) is 5.56 Å². The van der Waals surface area contributed by atoms with E-state index in [-0.39, 0.29) is 28.6 Å². The van der Waals surface area contributed by atoms with Gasteiger partial charge in [-0.25, -0.2) is 8.42 Å². The number of rotatable bonds is 6. The monoisotopic (exact) mass is 512 g/mol. The fourth-order valence-corrected chi connectivity index (χ4v) is 5.06. The number of anilines is 1. The standard InChI is InChI=1S/C27H23F3N2O3S/c1-20(2)19-32(36(34,35)25-10-6-9-22(17-25)18-31)24-13-11-23(12-14-24)26(33,27(28,29)30)16-15-21-7-4-3-5-8-21/h3-14,17,20,33H,19H2,1-2H3. The van der Waals surface area contributed by atoms with Crippen molar-refractivity contribution >= 4 is 15.7 Å². The van der Waals surface area contributed by atoms with Crippen LogP contribution in [0, 0.1) is 29.1 Å². The van der Waals surface area contributed by atoms with Crippen molar-refractivity contribution < 1.29 is 26.7 Å². The lowest BCUT2D eigenvalue weighted by Gasteiger charge is -2.28. The Morgan fingerprint density at radius 3 is 2.11 bits per heavy atom. The van der Waals surface area contributed by atoms with Gasteiger partial charge in [0.2, 0.25) is 5.60 Å². The minimum Gasteiger partial charge on any atom is -0.366 e. The maximum Gasteiger partial charge on any atom is 0.433 e. The van der Waals surface area contributed by atoms with Crippen molar-refractivity contribution in [1.82, 2.24) is 0 Å². The molecule has 0 spiro atoms. The summed E-state index contributed by atoms with van der Waals surface area (Å²) in [6.07, 6.45) is -5.11. The number of nitriles is 1. The molecule has 0 heterocycles. The summed E-state index contributed by atoms with van der Waals surface area (Å²) in [5.41, 5.74) is -3.45. The largest absolute Gasteiger partial charge is 0.433 e. The van der Waals surface area contributed by atoms with Crippen LogP contribution < -0.4 is 4.31 Å². The summed E-state index contributed by atoms with van der Waals surface area (Å²) in [5, 5.41) is 19.7. The molecule has 3 aromatic rings. The number of alkyl halides is 3. The predicted molar refractivity (Wildman–Crippen MR) is 130 cm³/mol. The van der Waals surface area contributed by atoms with Gasteiger partial charge in [0.15, 0.2) is 0 Å². The molecule has 9 heteroatoms. The molecule has 0 aliphatic heterocycles. The number of sulfonamides is 1. The summed E-state index contributed by atoms with van der Waals surface area (Å²) in [6, 6.07) is 19.7. The van der Waals surface area contributed by atoms with Crippen molar-refractivity contribution in [1.29, 1.82) is 5.26 Å². The second-order valence-corrected chi connectivity index (χ2v) is 10.3. The molecular weight excluding hydrogens is 489 g/mol. The molecule has 0 bridgehead atoms. The summed E-state index contributed by atoms with van der Waals surface area (Å²) in [4.78, 5) is -0.119. The van der Waals surface area contributed by atoms with E-state index in [1.807, 2.05) is 12.0 Å². The molecule has 1 atom stereocenters. The van der Waals surface area contributed by atoms with Crippen LogP contribution in [0.25, 0.3) is 0 Å². The van der Waals surface area contributed by atoms with Crippen molar-refractivity contribution in [2.75, 3.05) is 10.8 Å². The highest BCUT2D eigenvalue weighted by molar-refractivity contribution is 7.92. The molecule has 1 N–H and O–H groups in total.